The van der Waals surface area contributed by atoms with Gasteiger partial charge in [-0.3, -0.25) is 4.48 Å². The summed E-state index contributed by atoms with van der Waals surface area (Å²) < 4.78 is 5.68. The van der Waals surface area contributed by atoms with E-state index in [1.807, 2.05) is 14.1 Å². The van der Waals surface area contributed by atoms with Gasteiger partial charge in [0.1, 0.15) is 0 Å². The number of esters is 1. The van der Waals surface area contributed by atoms with Gasteiger partial charge in [-0.15, -0.1) is 0 Å². The minimum absolute atomic E-state index is 0. The smallest absolute Gasteiger partial charge is 0.334 e. The van der Waals surface area contributed by atoms with E-state index >= 15 is 0 Å². The van der Waals surface area contributed by atoms with Gasteiger partial charge in [0.05, 0.1) is 20.6 Å². The van der Waals surface area contributed by atoms with Crippen molar-refractivity contribution in [2.45, 2.75) is 19.8 Å². The fraction of sp³-hybridized carbons (Fsp3) is 0.700. The van der Waals surface area contributed by atoms with E-state index in [1.165, 1.54) is 6.08 Å². The van der Waals surface area contributed by atoms with Crippen LogP contribution in [0.1, 0.15) is 19.8 Å². The normalized spacial score (nSPS) is 10.2. The van der Waals surface area contributed by atoms with E-state index in [2.05, 4.69) is 13.5 Å². The average molecular weight is 313 g/mol. The molecule has 0 radical (unpaired) electrons. The average Bonchev–Trinajstić information content (AvgIpc) is 2.11. The Morgan fingerprint density at radius 1 is 1.50 bits per heavy atom. The Morgan fingerprint density at radius 2 is 2.07 bits per heavy atom. The minimum Gasteiger partial charge on any atom is -1.00 e. The zero-order valence-electron chi connectivity index (χ0n) is 9.25. The lowest BCUT2D eigenvalue weighted by molar-refractivity contribution is -0.907. The first-order valence-corrected chi connectivity index (χ1v) is 4.63. The number of ether oxygens (including phenoxy) is 1. The maximum atomic E-state index is 10.8. The summed E-state index contributed by atoms with van der Waals surface area (Å²) in [4.78, 5) is 10.8. The Bertz CT molecular complexity index is 181. The van der Waals surface area contributed by atoms with E-state index in [9.17, 15) is 4.79 Å². The molecule has 0 aliphatic carbocycles. The molecule has 0 saturated heterocycles. The number of nitrogens with zero attached hydrogens (tertiary/aromatic N) is 1. The van der Waals surface area contributed by atoms with E-state index in [1.54, 1.807) is 0 Å². The second-order valence-electron chi connectivity index (χ2n) is 3.81. The number of rotatable bonds is 6. The van der Waals surface area contributed by atoms with E-state index in [0.29, 0.717) is 11.2 Å². The molecule has 84 valence electrons. The van der Waals surface area contributed by atoms with Crippen molar-refractivity contribution in [1.82, 2.24) is 0 Å². The largest absolute Gasteiger partial charge is 1.00 e. The molecule has 4 heteroatoms. The second-order valence-corrected chi connectivity index (χ2v) is 3.81. The Morgan fingerprint density at radius 3 is 2.50 bits per heavy atom. The summed E-state index contributed by atoms with van der Waals surface area (Å²) in [5.74, 6) is -0.345. The molecule has 0 N–H and O–H groups in total. The topological polar surface area (TPSA) is 26.3 Å². The van der Waals surface area contributed by atoms with Crippen LogP contribution in [-0.2, 0) is 9.53 Å². The van der Waals surface area contributed by atoms with E-state index in [-0.39, 0.29) is 29.9 Å². The Hall–Kier alpha value is -0.100. The number of unbranched alkanes of at least 4 members (excludes halogenated alkanes) is 1. The highest BCUT2D eigenvalue weighted by atomic mass is 127. The van der Waals surface area contributed by atoms with Crippen molar-refractivity contribution < 1.29 is 38.0 Å². The molecular weight excluding hydrogens is 293 g/mol. The predicted octanol–water partition coefficient (Wildman–Crippen LogP) is -1.45. The van der Waals surface area contributed by atoms with Crippen LogP contribution < -0.4 is 24.0 Å². The van der Waals surface area contributed by atoms with Crippen LogP contribution in [0.2, 0.25) is 0 Å². The van der Waals surface area contributed by atoms with Crippen molar-refractivity contribution >= 4 is 5.97 Å². The van der Waals surface area contributed by atoms with Gasteiger partial charge in [-0.05, 0) is 6.42 Å². The maximum Gasteiger partial charge on any atom is 0.334 e. The van der Waals surface area contributed by atoms with Crippen molar-refractivity contribution in [2.24, 2.45) is 0 Å². The molecule has 0 heterocycles. The van der Waals surface area contributed by atoms with Gasteiger partial charge in [-0.25, -0.2) is 4.79 Å². The molecule has 0 aromatic rings. The summed E-state index contributed by atoms with van der Waals surface area (Å²) in [5.41, 5.74) is 0. The minimum atomic E-state index is -0.345. The van der Waals surface area contributed by atoms with Crippen LogP contribution in [0.3, 0.4) is 0 Å². The highest BCUT2D eigenvalue weighted by Crippen LogP contribution is 2.01. The monoisotopic (exact) mass is 313 g/mol. The van der Waals surface area contributed by atoms with Crippen molar-refractivity contribution in [2.75, 3.05) is 27.4 Å². The van der Waals surface area contributed by atoms with Crippen LogP contribution in [0.15, 0.2) is 12.7 Å². The molecule has 0 amide bonds. The van der Waals surface area contributed by atoms with Crippen LogP contribution in [-0.4, -0.2) is 37.8 Å². The lowest BCUT2D eigenvalue weighted by atomic mass is 10.3. The van der Waals surface area contributed by atoms with Crippen molar-refractivity contribution in [3.05, 3.63) is 12.7 Å². The van der Waals surface area contributed by atoms with Gasteiger partial charge in [-0.1, -0.05) is 19.9 Å². The summed E-state index contributed by atoms with van der Waals surface area (Å²) in [7, 11) is 4.10. The number of carbonyl (C=O) groups is 1. The first-order chi connectivity index (χ1) is 6.02. The maximum absolute atomic E-state index is 10.8. The van der Waals surface area contributed by atoms with Gasteiger partial charge < -0.3 is 28.7 Å². The molecule has 0 aromatic heterocycles. The lowest BCUT2D eigenvalue weighted by Crippen LogP contribution is -3.00. The van der Waals surface area contributed by atoms with Crippen molar-refractivity contribution in [3.63, 3.8) is 0 Å². The van der Waals surface area contributed by atoms with Crippen molar-refractivity contribution in [1.29, 1.82) is 0 Å². The third-order valence-electron chi connectivity index (χ3n) is 1.84. The van der Waals surface area contributed by atoms with Crippen LogP contribution in [0, 0.1) is 0 Å². The highest BCUT2D eigenvalue weighted by molar-refractivity contribution is 5.81. The molecular formula is C10H20INO2. The molecule has 0 aliphatic rings. The zero-order valence-corrected chi connectivity index (χ0v) is 11.4. The molecule has 3 nitrogen and oxygen atoms in total. The van der Waals surface area contributed by atoms with Crippen LogP contribution in [0.4, 0.5) is 0 Å². The molecule has 0 unspecified atom stereocenters. The summed E-state index contributed by atoms with van der Waals surface area (Å²) in [6.07, 6.45) is 3.51. The fourth-order valence-electron chi connectivity index (χ4n) is 0.948. The molecule has 0 rings (SSSR count). The summed E-state index contributed by atoms with van der Waals surface area (Å²) in [5, 5.41) is 0. The number of halogens is 1. The van der Waals surface area contributed by atoms with Crippen LogP contribution in [0.5, 0.6) is 0 Å². The summed E-state index contributed by atoms with van der Waals surface area (Å²) >= 11 is 0. The Labute approximate surface area is 104 Å². The summed E-state index contributed by atoms with van der Waals surface area (Å²) in [6.45, 7) is 6.94. The fourth-order valence-corrected chi connectivity index (χ4v) is 0.948. The standard InChI is InChI=1S/C10H20NO2.HI/c1-5-7-8-11(3,4)9-13-10(12)6-2;/h6H,2,5,7-9H2,1,3-4H3;1H/q+1;/p-1. The first kappa shape index (κ1) is 16.3. The molecule has 0 aliphatic heterocycles. The Kier molecular flexibility index (Phi) is 9.60. The molecule has 14 heavy (non-hydrogen) atoms. The van der Waals surface area contributed by atoms with Gasteiger partial charge in [0.15, 0.2) is 0 Å². The third kappa shape index (κ3) is 8.50. The number of hydrogen-bond donors (Lipinski definition) is 0. The Balaban J connectivity index is 0. The third-order valence-corrected chi connectivity index (χ3v) is 1.84. The predicted molar refractivity (Wildman–Crippen MR) is 53.0 cm³/mol. The van der Waals surface area contributed by atoms with Crippen LogP contribution >= 0.6 is 0 Å². The van der Waals surface area contributed by atoms with Gasteiger partial charge in [0.2, 0.25) is 6.73 Å². The first-order valence-electron chi connectivity index (χ1n) is 4.63. The molecule has 0 bridgehead atoms. The molecule has 0 fully saturated rings. The van der Waals surface area contributed by atoms with Gasteiger partial charge in [0.25, 0.3) is 0 Å². The summed E-state index contributed by atoms with van der Waals surface area (Å²) in [6, 6.07) is 0. The number of quaternary nitrogens is 1. The second kappa shape index (κ2) is 8.23. The van der Waals surface area contributed by atoms with E-state index < -0.39 is 0 Å². The number of carbonyl (C=O) groups excluding carboxylic acids is 1. The number of hydrogen-bond acceptors (Lipinski definition) is 2. The SMILES string of the molecule is C=CC(=O)OC[N+](C)(C)CCCC.[I-]. The molecule has 0 spiro atoms. The quantitative estimate of drug-likeness (QED) is 0.197. The molecule has 0 atom stereocenters. The molecule has 0 saturated carbocycles. The van der Waals surface area contributed by atoms with Gasteiger partial charge >= 0.3 is 5.97 Å². The van der Waals surface area contributed by atoms with Gasteiger partial charge in [0, 0.05) is 6.08 Å². The van der Waals surface area contributed by atoms with E-state index in [4.69, 9.17) is 4.74 Å². The lowest BCUT2D eigenvalue weighted by Gasteiger charge is -2.28. The van der Waals surface area contributed by atoms with E-state index in [0.717, 1.165) is 19.4 Å². The highest BCUT2D eigenvalue weighted by Gasteiger charge is 2.15. The van der Waals surface area contributed by atoms with Crippen LogP contribution in [0.25, 0.3) is 0 Å². The zero-order chi connectivity index (χ0) is 10.3. The molecule has 0 aromatic carbocycles. The van der Waals surface area contributed by atoms with Gasteiger partial charge in [-0.2, -0.15) is 0 Å². The van der Waals surface area contributed by atoms with Crippen molar-refractivity contribution in [3.8, 4) is 0 Å².